The van der Waals surface area contributed by atoms with Crippen molar-refractivity contribution in [2.45, 2.75) is 6.18 Å². The van der Waals surface area contributed by atoms with Gasteiger partial charge in [0.25, 0.3) is 11.1 Å². The zero-order valence-corrected chi connectivity index (χ0v) is 19.9. The highest BCUT2D eigenvalue weighted by molar-refractivity contribution is 8.18. The average molecular weight is 543 g/mol. The molecule has 0 bridgehead atoms. The van der Waals surface area contributed by atoms with E-state index in [1.165, 1.54) is 24.3 Å². The normalized spacial score (nSPS) is 14.6. The summed E-state index contributed by atoms with van der Waals surface area (Å²) >= 11 is 0.582. The van der Waals surface area contributed by atoms with Gasteiger partial charge in [-0.25, -0.2) is 0 Å². The van der Waals surface area contributed by atoms with Crippen LogP contribution in [0.2, 0.25) is 0 Å². The van der Waals surface area contributed by atoms with Crippen LogP contribution in [0.25, 0.3) is 6.08 Å². The molecule has 0 unspecified atom stereocenters. The van der Waals surface area contributed by atoms with Crippen LogP contribution in [0.4, 0.5) is 29.3 Å². The summed E-state index contributed by atoms with van der Waals surface area (Å²) in [6.07, 6.45) is -3.49. The SMILES string of the molecule is O=C(CN1C(=O)S/C(=C/c2ccccc2Oc2ccc(C(F)(F)F)cc2[N+](=O)[O-])C1=O)Nc1ccccc1. The Bertz CT molecular complexity index is 1460. The van der Waals surface area contributed by atoms with Gasteiger partial charge in [0.2, 0.25) is 11.7 Å². The van der Waals surface area contributed by atoms with E-state index in [4.69, 9.17) is 4.74 Å². The first-order chi connectivity index (χ1) is 18.0. The summed E-state index contributed by atoms with van der Waals surface area (Å²) in [6, 6.07) is 16.3. The number of carbonyl (C=O) groups is 3. The first-order valence-electron chi connectivity index (χ1n) is 10.8. The van der Waals surface area contributed by atoms with E-state index in [2.05, 4.69) is 5.32 Å². The fourth-order valence-corrected chi connectivity index (χ4v) is 4.21. The lowest BCUT2D eigenvalue weighted by molar-refractivity contribution is -0.385. The molecule has 4 rings (SSSR count). The highest BCUT2D eigenvalue weighted by Crippen LogP contribution is 2.40. The lowest BCUT2D eigenvalue weighted by Crippen LogP contribution is -2.36. The Morgan fingerprint density at radius 2 is 1.71 bits per heavy atom. The number of thioether (sulfide) groups is 1. The van der Waals surface area contributed by atoms with Crippen molar-refractivity contribution in [3.05, 3.63) is 98.9 Å². The number of ether oxygens (including phenoxy) is 1. The lowest BCUT2D eigenvalue weighted by atomic mass is 10.1. The molecule has 3 amide bonds. The summed E-state index contributed by atoms with van der Waals surface area (Å²) in [5.41, 5.74) is -1.40. The summed E-state index contributed by atoms with van der Waals surface area (Å²) in [7, 11) is 0. The van der Waals surface area contributed by atoms with Crippen molar-refractivity contribution in [2.24, 2.45) is 0 Å². The second-order valence-electron chi connectivity index (χ2n) is 7.76. The van der Waals surface area contributed by atoms with Gasteiger partial charge in [-0.1, -0.05) is 36.4 Å². The van der Waals surface area contributed by atoms with Crippen molar-refractivity contribution < 1.29 is 37.2 Å². The molecule has 0 saturated carbocycles. The smallest absolute Gasteiger partial charge is 0.416 e. The summed E-state index contributed by atoms with van der Waals surface area (Å²) in [6.45, 7) is -0.521. The van der Waals surface area contributed by atoms with Crippen LogP contribution < -0.4 is 10.1 Å². The van der Waals surface area contributed by atoms with Crippen LogP contribution in [0, 0.1) is 10.1 Å². The fraction of sp³-hybridized carbons (Fsp3) is 0.0800. The third kappa shape index (κ3) is 6.00. The van der Waals surface area contributed by atoms with E-state index >= 15 is 0 Å². The number of alkyl halides is 3. The minimum absolute atomic E-state index is 0.0102. The van der Waals surface area contributed by atoms with Gasteiger partial charge < -0.3 is 10.1 Å². The molecule has 194 valence electrons. The first-order valence-corrected chi connectivity index (χ1v) is 11.6. The van der Waals surface area contributed by atoms with Crippen LogP contribution in [0.5, 0.6) is 11.5 Å². The second kappa shape index (κ2) is 10.8. The number of nitrogens with zero attached hydrogens (tertiary/aromatic N) is 2. The Balaban J connectivity index is 1.56. The Morgan fingerprint density at radius 3 is 2.39 bits per heavy atom. The van der Waals surface area contributed by atoms with Crippen molar-refractivity contribution in [1.82, 2.24) is 4.90 Å². The topological polar surface area (TPSA) is 119 Å². The highest BCUT2D eigenvalue weighted by atomic mass is 32.2. The number of nitrogens with one attached hydrogen (secondary N) is 1. The van der Waals surface area contributed by atoms with Gasteiger partial charge in [-0.3, -0.25) is 29.4 Å². The number of nitro groups is 1. The third-order valence-corrected chi connectivity index (χ3v) is 6.05. The summed E-state index contributed by atoms with van der Waals surface area (Å²) in [5.74, 6) is -1.78. The predicted octanol–water partition coefficient (Wildman–Crippen LogP) is 6.08. The predicted molar refractivity (Wildman–Crippen MR) is 132 cm³/mol. The molecule has 1 heterocycles. The van der Waals surface area contributed by atoms with Crippen LogP contribution in [0.3, 0.4) is 0 Å². The number of nitro benzene ring substituents is 1. The van der Waals surface area contributed by atoms with Gasteiger partial charge >= 0.3 is 11.9 Å². The average Bonchev–Trinajstić information content (AvgIpc) is 3.12. The van der Waals surface area contributed by atoms with Crippen LogP contribution in [0.15, 0.2) is 77.7 Å². The monoisotopic (exact) mass is 543 g/mol. The van der Waals surface area contributed by atoms with Gasteiger partial charge in [0, 0.05) is 17.3 Å². The fourth-order valence-electron chi connectivity index (χ4n) is 3.38. The maximum atomic E-state index is 13.0. The maximum Gasteiger partial charge on any atom is 0.416 e. The lowest BCUT2D eigenvalue weighted by Gasteiger charge is -2.13. The Hall–Kier alpha value is -4.65. The van der Waals surface area contributed by atoms with Crippen LogP contribution in [0.1, 0.15) is 11.1 Å². The van der Waals surface area contributed by atoms with E-state index in [0.29, 0.717) is 29.6 Å². The molecule has 0 radical (unpaired) electrons. The molecule has 1 aliphatic rings. The molecule has 3 aromatic carbocycles. The number of benzene rings is 3. The largest absolute Gasteiger partial charge is 0.449 e. The van der Waals surface area contributed by atoms with Crippen LogP contribution in [-0.4, -0.2) is 33.4 Å². The van der Waals surface area contributed by atoms with E-state index in [9.17, 15) is 37.7 Å². The highest BCUT2D eigenvalue weighted by Gasteiger charge is 2.37. The van der Waals surface area contributed by atoms with E-state index < -0.39 is 51.7 Å². The van der Waals surface area contributed by atoms with Crippen molar-refractivity contribution >= 4 is 46.3 Å². The maximum absolute atomic E-state index is 13.0. The molecule has 3 aromatic rings. The molecular weight excluding hydrogens is 527 g/mol. The molecule has 13 heteroatoms. The minimum Gasteiger partial charge on any atom is -0.449 e. The molecule has 1 fully saturated rings. The number of hydrogen-bond donors (Lipinski definition) is 1. The van der Waals surface area contributed by atoms with Gasteiger partial charge in [-0.2, -0.15) is 13.2 Å². The first kappa shape index (κ1) is 26.4. The van der Waals surface area contributed by atoms with E-state index in [-0.39, 0.29) is 16.2 Å². The molecule has 38 heavy (non-hydrogen) atoms. The molecule has 0 atom stereocenters. The summed E-state index contributed by atoms with van der Waals surface area (Å²) < 4.78 is 44.6. The molecule has 1 N–H and O–H groups in total. The number of amides is 3. The summed E-state index contributed by atoms with van der Waals surface area (Å²) in [4.78, 5) is 48.7. The molecule has 0 aliphatic carbocycles. The van der Waals surface area contributed by atoms with Gasteiger partial charge in [0.1, 0.15) is 12.3 Å². The standard InChI is InChI=1S/C25H16F3N3O6S/c26-25(27,28)16-10-11-20(18(13-16)31(35)36)37-19-9-5-4-6-15(19)12-21-23(33)30(24(34)38-21)14-22(32)29-17-7-2-1-3-8-17/h1-13H,14H2,(H,29,32)/b21-12+. The molecule has 0 spiro atoms. The Kier molecular flexibility index (Phi) is 7.48. The number of hydrogen-bond acceptors (Lipinski definition) is 7. The number of anilines is 1. The molecule has 1 aliphatic heterocycles. The zero-order valence-electron chi connectivity index (χ0n) is 19.1. The van der Waals surface area contributed by atoms with Gasteiger partial charge in [-0.05, 0) is 48.2 Å². The van der Waals surface area contributed by atoms with Crippen LogP contribution in [-0.2, 0) is 15.8 Å². The number of halogens is 3. The van der Waals surface area contributed by atoms with Crippen molar-refractivity contribution in [1.29, 1.82) is 0 Å². The quantitative estimate of drug-likeness (QED) is 0.218. The zero-order chi connectivity index (χ0) is 27.4. The van der Waals surface area contributed by atoms with E-state index in [1.807, 2.05) is 0 Å². The molecule has 0 aromatic heterocycles. The third-order valence-electron chi connectivity index (χ3n) is 5.14. The van der Waals surface area contributed by atoms with Crippen LogP contribution >= 0.6 is 11.8 Å². The summed E-state index contributed by atoms with van der Waals surface area (Å²) in [5, 5.41) is 13.3. The van der Waals surface area contributed by atoms with Gasteiger partial charge in [-0.15, -0.1) is 0 Å². The number of carbonyl (C=O) groups excluding carboxylic acids is 3. The number of para-hydroxylation sites is 2. The molecular formula is C25H16F3N3O6S. The second-order valence-corrected chi connectivity index (χ2v) is 8.75. The molecule has 1 saturated heterocycles. The van der Waals surface area contributed by atoms with Crippen molar-refractivity contribution in [2.75, 3.05) is 11.9 Å². The van der Waals surface area contributed by atoms with Gasteiger partial charge in [0.05, 0.1) is 15.4 Å². The van der Waals surface area contributed by atoms with E-state index in [1.54, 1.807) is 36.4 Å². The minimum atomic E-state index is -4.79. The Morgan fingerprint density at radius 1 is 1.03 bits per heavy atom. The van der Waals surface area contributed by atoms with Crippen molar-refractivity contribution in [3.63, 3.8) is 0 Å². The number of rotatable bonds is 7. The number of imide groups is 1. The van der Waals surface area contributed by atoms with Crippen molar-refractivity contribution in [3.8, 4) is 11.5 Å². The molecule has 9 nitrogen and oxygen atoms in total. The van der Waals surface area contributed by atoms with E-state index in [0.717, 1.165) is 11.0 Å². The van der Waals surface area contributed by atoms with Gasteiger partial charge in [0.15, 0.2) is 0 Å². The Labute approximate surface area is 217 Å².